The highest BCUT2D eigenvalue weighted by atomic mass is 35.5. The number of rotatable bonds is 6. The van der Waals surface area contributed by atoms with Gasteiger partial charge in [-0.15, -0.1) is 36.6 Å². The maximum absolute atomic E-state index is 11.3. The average molecular weight is 502 g/mol. The number of thioether (sulfide) groups is 1. The summed E-state index contributed by atoms with van der Waals surface area (Å²) < 4.78 is 0. The fourth-order valence-electron chi connectivity index (χ4n) is 3.51. The number of halogens is 2. The molecule has 1 aliphatic rings. The number of fused-ring (bicyclic) bond motifs is 1. The van der Waals surface area contributed by atoms with Gasteiger partial charge in [0.25, 0.3) is 5.69 Å². The number of hydrogen-bond donors (Lipinski definition) is 0. The smallest absolute Gasteiger partial charge is 0.270 e. The van der Waals surface area contributed by atoms with E-state index in [4.69, 9.17) is 4.99 Å². The van der Waals surface area contributed by atoms with Crippen molar-refractivity contribution in [3.05, 3.63) is 106 Å². The Morgan fingerprint density at radius 3 is 2.52 bits per heavy atom. The van der Waals surface area contributed by atoms with Crippen molar-refractivity contribution < 1.29 is 4.92 Å². The lowest BCUT2D eigenvalue weighted by atomic mass is 10.1. The van der Waals surface area contributed by atoms with Crippen LogP contribution < -0.4 is 4.90 Å². The maximum Gasteiger partial charge on any atom is 0.270 e. The predicted molar refractivity (Wildman–Crippen MR) is 144 cm³/mol. The molecule has 0 aliphatic carbocycles. The lowest BCUT2D eigenvalue weighted by Crippen LogP contribution is -2.20. The number of non-ortho nitro benzene ring substituents is 1. The van der Waals surface area contributed by atoms with Crippen LogP contribution in [0.15, 0.2) is 88.8 Å². The number of benzodiazepines with no additional fused rings is 1. The second-order valence-electron chi connectivity index (χ2n) is 7.29. The number of likely N-dealkylation sites (N-methyl/N-ethyl adjacent to an activating group) is 1. The van der Waals surface area contributed by atoms with Gasteiger partial charge in [-0.05, 0) is 29.3 Å². The van der Waals surface area contributed by atoms with Crippen LogP contribution in [0, 0.1) is 10.1 Å². The molecular weight excluding hydrogens is 477 g/mol. The summed E-state index contributed by atoms with van der Waals surface area (Å²) in [6.07, 6.45) is 3.92. The van der Waals surface area contributed by atoms with Crippen LogP contribution in [0.5, 0.6) is 0 Å². The standard InChI is InChI=1S/C25H23N3O2S.2ClH/c1-27-16-15-26-23(22-9-5-6-10-24(22)27)13-11-20-17-21(28(29)30)12-14-25(20)31-18-19-7-3-2-4-8-19;;/h2-14,17H,15-16,18H2,1H3;2*1H. The van der Waals surface area contributed by atoms with Crippen molar-refractivity contribution in [1.82, 2.24) is 0 Å². The summed E-state index contributed by atoms with van der Waals surface area (Å²) in [6, 6.07) is 23.4. The summed E-state index contributed by atoms with van der Waals surface area (Å²) >= 11 is 1.68. The van der Waals surface area contributed by atoms with Crippen molar-refractivity contribution in [2.24, 2.45) is 4.99 Å². The first-order chi connectivity index (χ1) is 15.1. The summed E-state index contributed by atoms with van der Waals surface area (Å²) in [7, 11) is 2.07. The molecule has 0 bridgehead atoms. The van der Waals surface area contributed by atoms with E-state index in [-0.39, 0.29) is 35.4 Å². The minimum Gasteiger partial charge on any atom is -0.372 e. The second kappa shape index (κ2) is 12.4. The molecule has 5 nitrogen and oxygen atoms in total. The van der Waals surface area contributed by atoms with Crippen molar-refractivity contribution in [2.45, 2.75) is 10.6 Å². The van der Waals surface area contributed by atoms with Gasteiger partial charge in [0.2, 0.25) is 0 Å². The Bertz CT molecular complexity index is 1150. The van der Waals surface area contributed by atoms with Crippen LogP contribution in [0.2, 0.25) is 0 Å². The lowest BCUT2D eigenvalue weighted by molar-refractivity contribution is -0.384. The van der Waals surface area contributed by atoms with Gasteiger partial charge < -0.3 is 4.90 Å². The number of benzene rings is 3. The molecule has 0 unspecified atom stereocenters. The van der Waals surface area contributed by atoms with Gasteiger partial charge in [0.05, 0.1) is 17.2 Å². The first-order valence-electron chi connectivity index (χ1n) is 10.1. The number of nitro benzene ring substituents is 1. The van der Waals surface area contributed by atoms with Crippen LogP contribution >= 0.6 is 36.6 Å². The number of anilines is 1. The van der Waals surface area contributed by atoms with E-state index in [9.17, 15) is 10.1 Å². The first-order valence-corrected chi connectivity index (χ1v) is 11.1. The molecule has 1 heterocycles. The summed E-state index contributed by atoms with van der Waals surface area (Å²) in [6.45, 7) is 1.55. The van der Waals surface area contributed by atoms with Crippen molar-refractivity contribution in [2.75, 3.05) is 25.0 Å². The molecule has 0 fully saturated rings. The molecule has 1 aliphatic heterocycles. The first kappa shape index (κ1) is 26.5. The van der Waals surface area contributed by atoms with Crippen LogP contribution in [-0.2, 0) is 5.75 Å². The molecule has 3 aromatic carbocycles. The van der Waals surface area contributed by atoms with Crippen LogP contribution in [0.25, 0.3) is 6.08 Å². The number of allylic oxidation sites excluding steroid dienone is 1. The minimum absolute atomic E-state index is 0. The minimum atomic E-state index is -0.351. The summed E-state index contributed by atoms with van der Waals surface area (Å²) in [5.41, 5.74) is 5.24. The zero-order chi connectivity index (χ0) is 21.6. The third kappa shape index (κ3) is 6.60. The molecular formula is C25H25Cl2N3O2S. The monoisotopic (exact) mass is 501 g/mol. The molecule has 0 spiro atoms. The van der Waals surface area contributed by atoms with Gasteiger partial charge in [-0.2, -0.15) is 0 Å². The van der Waals surface area contributed by atoms with E-state index in [0.29, 0.717) is 6.54 Å². The number of hydrogen-bond acceptors (Lipinski definition) is 5. The Morgan fingerprint density at radius 1 is 1.03 bits per heavy atom. The molecule has 0 N–H and O–H groups in total. The van der Waals surface area contributed by atoms with Gasteiger partial charge in [-0.3, -0.25) is 15.1 Å². The van der Waals surface area contributed by atoms with E-state index >= 15 is 0 Å². The predicted octanol–water partition coefficient (Wildman–Crippen LogP) is 6.68. The van der Waals surface area contributed by atoms with Crippen molar-refractivity contribution >= 4 is 59.7 Å². The Labute approximate surface area is 210 Å². The SMILES string of the molecule is CN1CCN=C(C=Cc2cc([N+](=O)[O-])ccc2SCc2ccccc2)c2ccccc21.Cl.Cl. The fraction of sp³-hybridized carbons (Fsp3) is 0.160. The van der Waals surface area contributed by atoms with E-state index < -0.39 is 0 Å². The van der Waals surface area contributed by atoms with E-state index in [0.717, 1.165) is 39.7 Å². The quantitative estimate of drug-likeness (QED) is 0.214. The van der Waals surface area contributed by atoms with Crippen LogP contribution in [0.3, 0.4) is 0 Å². The van der Waals surface area contributed by atoms with Crippen molar-refractivity contribution in [3.63, 3.8) is 0 Å². The zero-order valence-corrected chi connectivity index (χ0v) is 20.5. The topological polar surface area (TPSA) is 58.7 Å². The third-order valence-electron chi connectivity index (χ3n) is 5.17. The molecule has 4 rings (SSSR count). The van der Waals surface area contributed by atoms with Gasteiger partial charge in [0.1, 0.15) is 0 Å². The van der Waals surface area contributed by atoms with Gasteiger partial charge in [0, 0.05) is 47.6 Å². The Balaban J connectivity index is 0.00000193. The highest BCUT2D eigenvalue weighted by molar-refractivity contribution is 7.98. The molecule has 0 aromatic heterocycles. The van der Waals surface area contributed by atoms with Crippen LogP contribution in [-0.4, -0.2) is 30.8 Å². The largest absolute Gasteiger partial charge is 0.372 e. The van der Waals surface area contributed by atoms with E-state index in [1.807, 2.05) is 48.6 Å². The van der Waals surface area contributed by atoms with Gasteiger partial charge in [-0.1, -0.05) is 54.6 Å². The van der Waals surface area contributed by atoms with Gasteiger partial charge >= 0.3 is 0 Å². The molecule has 0 radical (unpaired) electrons. The highest BCUT2D eigenvalue weighted by Gasteiger charge is 2.15. The van der Waals surface area contributed by atoms with Crippen LogP contribution in [0.4, 0.5) is 11.4 Å². The molecule has 172 valence electrons. The molecule has 0 amide bonds. The third-order valence-corrected chi connectivity index (χ3v) is 6.33. The van der Waals surface area contributed by atoms with Crippen LogP contribution in [0.1, 0.15) is 16.7 Å². The summed E-state index contributed by atoms with van der Waals surface area (Å²) in [5.74, 6) is 0.800. The van der Waals surface area contributed by atoms with E-state index in [1.165, 1.54) is 5.56 Å². The van der Waals surface area contributed by atoms with Crippen molar-refractivity contribution in [1.29, 1.82) is 0 Å². The number of para-hydroxylation sites is 1. The Hall–Kier alpha value is -2.80. The van der Waals surface area contributed by atoms with Gasteiger partial charge in [-0.25, -0.2) is 0 Å². The summed E-state index contributed by atoms with van der Waals surface area (Å²) in [5, 5.41) is 11.3. The molecule has 0 saturated carbocycles. The van der Waals surface area contributed by atoms with Gasteiger partial charge in [0.15, 0.2) is 0 Å². The average Bonchev–Trinajstić information content (AvgIpc) is 2.96. The zero-order valence-electron chi connectivity index (χ0n) is 18.1. The van der Waals surface area contributed by atoms with E-state index in [1.54, 1.807) is 23.9 Å². The maximum atomic E-state index is 11.3. The second-order valence-corrected chi connectivity index (χ2v) is 8.31. The number of nitrogens with zero attached hydrogens (tertiary/aromatic N) is 3. The van der Waals surface area contributed by atoms with Crippen molar-refractivity contribution in [3.8, 4) is 0 Å². The normalized spacial score (nSPS) is 12.8. The molecule has 0 saturated heterocycles. The molecule has 8 heteroatoms. The highest BCUT2D eigenvalue weighted by Crippen LogP contribution is 2.31. The number of aliphatic imine (C=N–C) groups is 1. The Morgan fingerprint density at radius 2 is 1.76 bits per heavy atom. The fourth-order valence-corrected chi connectivity index (χ4v) is 4.48. The summed E-state index contributed by atoms with van der Waals surface area (Å²) in [4.78, 5) is 19.0. The molecule has 33 heavy (non-hydrogen) atoms. The molecule has 3 aromatic rings. The van der Waals surface area contributed by atoms with E-state index in [2.05, 4.69) is 36.2 Å². The lowest BCUT2D eigenvalue weighted by Gasteiger charge is -2.18. The Kier molecular flexibility index (Phi) is 9.97. The molecule has 0 atom stereocenters. The number of nitro groups is 1.